The number of amides is 1. The van der Waals surface area contributed by atoms with Crippen molar-refractivity contribution in [3.05, 3.63) is 17.5 Å². The van der Waals surface area contributed by atoms with E-state index in [2.05, 4.69) is 15.5 Å². The minimum Gasteiger partial charge on any atom is -0.322 e. The highest BCUT2D eigenvalue weighted by Crippen LogP contribution is 2.29. The van der Waals surface area contributed by atoms with Gasteiger partial charge in [0.25, 0.3) is 0 Å². The lowest BCUT2D eigenvalue weighted by Gasteiger charge is -1.94. The van der Waals surface area contributed by atoms with E-state index in [1.54, 1.807) is 11.3 Å². The summed E-state index contributed by atoms with van der Waals surface area (Å²) in [4.78, 5) is 12.0. The maximum Gasteiger partial charge on any atom is 0.239 e. The summed E-state index contributed by atoms with van der Waals surface area (Å²) in [6.45, 7) is -0.0477. The highest BCUT2D eigenvalue weighted by atomic mass is 32.1. The van der Waals surface area contributed by atoms with Crippen LogP contribution < -0.4 is 11.1 Å². The number of anilines is 1. The van der Waals surface area contributed by atoms with Crippen LogP contribution in [0.1, 0.15) is 0 Å². The first-order chi connectivity index (χ1) is 7.29. The lowest BCUT2D eigenvalue weighted by atomic mass is 10.5. The normalized spacial score (nSPS) is 10.2. The molecular formula is C8H8N4OS2. The fourth-order valence-corrected chi connectivity index (χ4v) is 2.50. The van der Waals surface area contributed by atoms with Gasteiger partial charge in [0, 0.05) is 0 Å². The third-order valence-corrected chi connectivity index (χ3v) is 3.47. The Morgan fingerprint density at radius 3 is 3.07 bits per heavy atom. The summed E-state index contributed by atoms with van der Waals surface area (Å²) in [6, 6.07) is 3.90. The van der Waals surface area contributed by atoms with Crippen LogP contribution in [0.25, 0.3) is 9.88 Å². The van der Waals surface area contributed by atoms with Crippen molar-refractivity contribution in [1.29, 1.82) is 0 Å². The van der Waals surface area contributed by atoms with Gasteiger partial charge in [-0.2, -0.15) is 0 Å². The Bertz CT molecular complexity index is 451. The number of nitrogens with one attached hydrogen (secondary N) is 1. The van der Waals surface area contributed by atoms with Crippen LogP contribution in [0.2, 0.25) is 0 Å². The van der Waals surface area contributed by atoms with Crippen molar-refractivity contribution in [2.24, 2.45) is 5.73 Å². The molecule has 2 aromatic heterocycles. The van der Waals surface area contributed by atoms with Crippen LogP contribution in [0.3, 0.4) is 0 Å². The van der Waals surface area contributed by atoms with Crippen LogP contribution in [-0.2, 0) is 4.79 Å². The molecule has 15 heavy (non-hydrogen) atoms. The first-order valence-corrected chi connectivity index (χ1v) is 5.86. The zero-order valence-electron chi connectivity index (χ0n) is 7.64. The average molecular weight is 240 g/mol. The molecule has 0 saturated carbocycles. The molecule has 0 aliphatic rings. The van der Waals surface area contributed by atoms with Gasteiger partial charge in [-0.05, 0) is 11.4 Å². The van der Waals surface area contributed by atoms with Crippen molar-refractivity contribution < 1.29 is 4.79 Å². The molecule has 0 saturated heterocycles. The molecule has 0 aliphatic heterocycles. The average Bonchev–Trinajstić information content (AvgIpc) is 2.85. The predicted molar refractivity (Wildman–Crippen MR) is 60.9 cm³/mol. The molecule has 0 radical (unpaired) electrons. The Balaban J connectivity index is 2.14. The lowest BCUT2D eigenvalue weighted by molar-refractivity contribution is -0.114. The molecule has 3 N–H and O–H groups in total. The smallest absolute Gasteiger partial charge is 0.239 e. The Kier molecular flexibility index (Phi) is 3.05. The zero-order chi connectivity index (χ0) is 10.7. The predicted octanol–water partition coefficient (Wildman–Crippen LogP) is 1.16. The van der Waals surface area contributed by atoms with E-state index in [1.165, 1.54) is 11.3 Å². The molecule has 78 valence electrons. The quantitative estimate of drug-likeness (QED) is 0.843. The lowest BCUT2D eigenvalue weighted by Crippen LogP contribution is -2.21. The Hall–Kier alpha value is -1.31. The van der Waals surface area contributed by atoms with E-state index >= 15 is 0 Å². The second-order valence-corrected chi connectivity index (χ2v) is 4.57. The molecule has 5 nitrogen and oxygen atoms in total. The number of nitrogens with two attached hydrogens (primary N) is 1. The van der Waals surface area contributed by atoms with E-state index in [1.807, 2.05) is 17.5 Å². The number of carbonyl (C=O) groups excluding carboxylic acids is 1. The van der Waals surface area contributed by atoms with Crippen molar-refractivity contribution in [3.8, 4) is 9.88 Å². The van der Waals surface area contributed by atoms with Gasteiger partial charge in [-0.1, -0.05) is 17.4 Å². The summed E-state index contributed by atoms with van der Waals surface area (Å²) in [5, 5.41) is 13.6. The summed E-state index contributed by atoms with van der Waals surface area (Å²) < 4.78 is 0. The number of nitrogens with zero attached hydrogens (tertiary/aromatic N) is 2. The molecule has 1 amide bonds. The molecule has 0 fully saturated rings. The molecule has 0 bridgehead atoms. The number of rotatable bonds is 3. The fourth-order valence-electron chi connectivity index (χ4n) is 0.944. The van der Waals surface area contributed by atoms with Gasteiger partial charge in [-0.15, -0.1) is 21.5 Å². The van der Waals surface area contributed by atoms with Gasteiger partial charge < -0.3 is 5.73 Å². The summed E-state index contributed by atoms with van der Waals surface area (Å²) >= 11 is 2.92. The van der Waals surface area contributed by atoms with Gasteiger partial charge >= 0.3 is 0 Å². The first-order valence-electron chi connectivity index (χ1n) is 4.17. The van der Waals surface area contributed by atoms with Gasteiger partial charge in [-0.25, -0.2) is 0 Å². The van der Waals surface area contributed by atoms with E-state index in [4.69, 9.17) is 5.73 Å². The zero-order valence-corrected chi connectivity index (χ0v) is 9.27. The Morgan fingerprint density at radius 2 is 2.40 bits per heavy atom. The van der Waals surface area contributed by atoms with E-state index in [9.17, 15) is 4.79 Å². The van der Waals surface area contributed by atoms with E-state index in [-0.39, 0.29) is 12.5 Å². The van der Waals surface area contributed by atoms with Crippen LogP contribution in [0, 0.1) is 0 Å². The van der Waals surface area contributed by atoms with E-state index < -0.39 is 0 Å². The number of thiophene rings is 1. The van der Waals surface area contributed by atoms with Crippen molar-refractivity contribution in [1.82, 2.24) is 10.2 Å². The van der Waals surface area contributed by atoms with Crippen molar-refractivity contribution in [2.75, 3.05) is 11.9 Å². The highest BCUT2D eigenvalue weighted by molar-refractivity contribution is 7.23. The maximum absolute atomic E-state index is 11.0. The van der Waals surface area contributed by atoms with E-state index in [0.29, 0.717) is 5.13 Å². The highest BCUT2D eigenvalue weighted by Gasteiger charge is 2.08. The van der Waals surface area contributed by atoms with Crippen LogP contribution in [0.15, 0.2) is 17.5 Å². The largest absolute Gasteiger partial charge is 0.322 e. The summed E-state index contributed by atoms with van der Waals surface area (Å²) in [6.07, 6.45) is 0. The van der Waals surface area contributed by atoms with Crippen LogP contribution >= 0.6 is 22.7 Å². The summed E-state index contributed by atoms with van der Waals surface area (Å²) in [7, 11) is 0. The van der Waals surface area contributed by atoms with Gasteiger partial charge in [0.1, 0.15) is 0 Å². The van der Waals surface area contributed by atoms with Gasteiger partial charge in [0.2, 0.25) is 11.0 Å². The molecule has 2 aromatic rings. The maximum atomic E-state index is 11.0. The summed E-state index contributed by atoms with van der Waals surface area (Å²) in [5.74, 6) is -0.260. The van der Waals surface area contributed by atoms with Crippen LogP contribution in [0.5, 0.6) is 0 Å². The topological polar surface area (TPSA) is 80.9 Å². The molecule has 2 rings (SSSR count). The fraction of sp³-hybridized carbons (Fsp3) is 0.125. The minimum absolute atomic E-state index is 0.0477. The summed E-state index contributed by atoms with van der Waals surface area (Å²) in [5.41, 5.74) is 5.17. The van der Waals surface area contributed by atoms with Crippen LogP contribution in [0.4, 0.5) is 5.13 Å². The standard InChI is InChI=1S/C8H8N4OS2/c9-4-6(13)10-8-12-11-7(15-8)5-2-1-3-14-5/h1-3H,4,9H2,(H,10,12,13). The van der Waals surface area contributed by atoms with E-state index in [0.717, 1.165) is 9.88 Å². The Morgan fingerprint density at radius 1 is 1.53 bits per heavy atom. The number of hydrogen-bond acceptors (Lipinski definition) is 6. The first kappa shape index (κ1) is 10.2. The number of hydrogen-bond donors (Lipinski definition) is 2. The molecule has 0 atom stereocenters. The van der Waals surface area contributed by atoms with Crippen molar-refractivity contribution in [3.63, 3.8) is 0 Å². The van der Waals surface area contributed by atoms with Crippen LogP contribution in [-0.4, -0.2) is 22.6 Å². The molecule has 2 heterocycles. The van der Waals surface area contributed by atoms with Gasteiger partial charge in [-0.3, -0.25) is 10.1 Å². The van der Waals surface area contributed by atoms with Crippen molar-refractivity contribution in [2.45, 2.75) is 0 Å². The van der Waals surface area contributed by atoms with Gasteiger partial charge in [0.15, 0.2) is 5.01 Å². The van der Waals surface area contributed by atoms with Crippen molar-refractivity contribution >= 4 is 33.7 Å². The SMILES string of the molecule is NCC(=O)Nc1nnc(-c2cccs2)s1. The molecule has 0 aliphatic carbocycles. The molecule has 0 spiro atoms. The second kappa shape index (κ2) is 4.47. The molecule has 7 heteroatoms. The molecule has 0 unspecified atom stereocenters. The minimum atomic E-state index is -0.260. The second-order valence-electron chi connectivity index (χ2n) is 2.64. The third kappa shape index (κ3) is 2.38. The molecular weight excluding hydrogens is 232 g/mol. The number of aromatic nitrogens is 2. The monoisotopic (exact) mass is 240 g/mol. The number of carbonyl (C=O) groups is 1. The Labute approximate surface area is 94.0 Å². The molecule has 0 aromatic carbocycles. The van der Waals surface area contributed by atoms with Gasteiger partial charge in [0.05, 0.1) is 11.4 Å². The third-order valence-electron chi connectivity index (χ3n) is 1.59.